The Kier molecular flexibility index (Phi) is 1.19. The lowest BCUT2D eigenvalue weighted by Crippen LogP contribution is -2.19. The van der Waals surface area contributed by atoms with Crippen LogP contribution in [0.1, 0.15) is 52.4 Å². The van der Waals surface area contributed by atoms with Gasteiger partial charge in [0.1, 0.15) is 0 Å². The molecule has 1 atom stereocenters. The SMILES string of the molecule is CCCC1(C)CC12CCC2. The standard InChI is InChI=1S/C10H18/c1-3-5-9(2)8-10(9)6-4-7-10/h3-8H2,1-2H3. The summed E-state index contributed by atoms with van der Waals surface area (Å²) in [6, 6.07) is 0. The van der Waals surface area contributed by atoms with Gasteiger partial charge in [0.2, 0.25) is 0 Å². The van der Waals surface area contributed by atoms with Crippen LogP contribution in [0.3, 0.4) is 0 Å². The summed E-state index contributed by atoms with van der Waals surface area (Å²) in [5.41, 5.74) is 1.67. The predicted octanol–water partition coefficient (Wildman–Crippen LogP) is 3.37. The van der Waals surface area contributed by atoms with Crippen molar-refractivity contribution in [2.45, 2.75) is 52.4 Å². The largest absolute Gasteiger partial charge is 0.0654 e. The van der Waals surface area contributed by atoms with E-state index in [1.54, 1.807) is 19.3 Å². The highest BCUT2D eigenvalue weighted by Crippen LogP contribution is 2.75. The highest BCUT2D eigenvalue weighted by atomic mass is 14.7. The molecule has 0 amide bonds. The van der Waals surface area contributed by atoms with Crippen molar-refractivity contribution in [1.82, 2.24) is 0 Å². The molecule has 1 spiro atoms. The van der Waals surface area contributed by atoms with Crippen molar-refractivity contribution in [2.24, 2.45) is 10.8 Å². The summed E-state index contributed by atoms with van der Waals surface area (Å²) in [5, 5.41) is 0. The van der Waals surface area contributed by atoms with Gasteiger partial charge in [-0.1, -0.05) is 26.7 Å². The van der Waals surface area contributed by atoms with Gasteiger partial charge in [-0.3, -0.25) is 0 Å². The van der Waals surface area contributed by atoms with Crippen LogP contribution in [-0.4, -0.2) is 0 Å². The van der Waals surface area contributed by atoms with E-state index in [2.05, 4.69) is 13.8 Å². The van der Waals surface area contributed by atoms with E-state index >= 15 is 0 Å². The van der Waals surface area contributed by atoms with E-state index in [1.165, 1.54) is 19.3 Å². The van der Waals surface area contributed by atoms with Crippen molar-refractivity contribution in [3.8, 4) is 0 Å². The molecular weight excluding hydrogens is 120 g/mol. The van der Waals surface area contributed by atoms with E-state index in [9.17, 15) is 0 Å². The van der Waals surface area contributed by atoms with E-state index in [0.717, 1.165) is 10.8 Å². The van der Waals surface area contributed by atoms with Gasteiger partial charge in [-0.2, -0.15) is 0 Å². The van der Waals surface area contributed by atoms with Gasteiger partial charge in [0.15, 0.2) is 0 Å². The second-order valence-corrected chi connectivity index (χ2v) is 4.62. The van der Waals surface area contributed by atoms with Crippen LogP contribution in [-0.2, 0) is 0 Å². The zero-order valence-electron chi connectivity index (χ0n) is 7.24. The molecule has 10 heavy (non-hydrogen) atoms. The molecule has 0 aromatic carbocycles. The maximum absolute atomic E-state index is 2.50. The van der Waals surface area contributed by atoms with Crippen LogP contribution in [0, 0.1) is 10.8 Å². The van der Waals surface area contributed by atoms with Crippen molar-refractivity contribution in [2.75, 3.05) is 0 Å². The van der Waals surface area contributed by atoms with Crippen molar-refractivity contribution in [1.29, 1.82) is 0 Å². The average Bonchev–Trinajstić information content (AvgIpc) is 2.36. The molecule has 0 heteroatoms. The second-order valence-electron chi connectivity index (χ2n) is 4.62. The lowest BCUT2D eigenvalue weighted by molar-refractivity contribution is 0.203. The third kappa shape index (κ3) is 0.627. The van der Waals surface area contributed by atoms with Crippen molar-refractivity contribution in [3.05, 3.63) is 0 Å². The zero-order valence-corrected chi connectivity index (χ0v) is 7.24. The van der Waals surface area contributed by atoms with E-state index in [1.807, 2.05) is 0 Å². The summed E-state index contributed by atoms with van der Waals surface area (Å²) in [4.78, 5) is 0. The van der Waals surface area contributed by atoms with Gasteiger partial charge in [-0.15, -0.1) is 0 Å². The van der Waals surface area contributed by atoms with Crippen LogP contribution in [0.5, 0.6) is 0 Å². The van der Waals surface area contributed by atoms with Crippen molar-refractivity contribution in [3.63, 3.8) is 0 Å². The maximum Gasteiger partial charge on any atom is -0.0238 e. The second kappa shape index (κ2) is 1.78. The molecule has 2 saturated carbocycles. The maximum atomic E-state index is 2.50. The Morgan fingerprint density at radius 3 is 2.30 bits per heavy atom. The first-order valence-electron chi connectivity index (χ1n) is 4.72. The Morgan fingerprint density at radius 1 is 1.30 bits per heavy atom. The number of hydrogen-bond acceptors (Lipinski definition) is 0. The first-order valence-corrected chi connectivity index (χ1v) is 4.72. The Hall–Kier alpha value is 0. The minimum absolute atomic E-state index is 0.792. The molecule has 1 unspecified atom stereocenters. The Balaban J connectivity index is 1.96. The molecule has 2 aliphatic rings. The molecule has 2 fully saturated rings. The molecule has 2 rings (SSSR count). The van der Waals surface area contributed by atoms with Crippen LogP contribution >= 0.6 is 0 Å². The lowest BCUT2D eigenvalue weighted by Gasteiger charge is -2.31. The fourth-order valence-corrected chi connectivity index (χ4v) is 2.99. The van der Waals surface area contributed by atoms with E-state index in [-0.39, 0.29) is 0 Å². The third-order valence-corrected chi connectivity index (χ3v) is 4.00. The normalized spacial score (nSPS) is 41.4. The van der Waals surface area contributed by atoms with Crippen LogP contribution in [0.25, 0.3) is 0 Å². The molecular formula is C10H18. The minimum atomic E-state index is 0.792. The van der Waals surface area contributed by atoms with Gasteiger partial charge in [0.05, 0.1) is 0 Å². The summed E-state index contributed by atoms with van der Waals surface area (Å²) in [6.07, 6.45) is 9.02. The van der Waals surface area contributed by atoms with E-state index < -0.39 is 0 Å². The highest BCUT2D eigenvalue weighted by molar-refractivity contribution is 5.15. The van der Waals surface area contributed by atoms with Crippen LogP contribution in [0.15, 0.2) is 0 Å². The molecule has 0 aliphatic heterocycles. The minimum Gasteiger partial charge on any atom is -0.0654 e. The fourth-order valence-electron chi connectivity index (χ4n) is 2.99. The summed E-state index contributed by atoms with van der Waals surface area (Å²) in [5.74, 6) is 0. The van der Waals surface area contributed by atoms with Gasteiger partial charge < -0.3 is 0 Å². The van der Waals surface area contributed by atoms with Gasteiger partial charge in [0, 0.05) is 0 Å². The molecule has 0 N–H and O–H groups in total. The van der Waals surface area contributed by atoms with Crippen LogP contribution in [0.2, 0.25) is 0 Å². The summed E-state index contributed by atoms with van der Waals surface area (Å²) in [7, 11) is 0. The summed E-state index contributed by atoms with van der Waals surface area (Å²) >= 11 is 0. The van der Waals surface area contributed by atoms with Crippen molar-refractivity contribution >= 4 is 0 Å². The monoisotopic (exact) mass is 138 g/mol. The average molecular weight is 138 g/mol. The van der Waals surface area contributed by atoms with E-state index in [4.69, 9.17) is 0 Å². The first kappa shape index (κ1) is 6.69. The van der Waals surface area contributed by atoms with Gasteiger partial charge in [0.25, 0.3) is 0 Å². The van der Waals surface area contributed by atoms with Crippen LogP contribution in [0.4, 0.5) is 0 Å². The smallest absolute Gasteiger partial charge is 0.0238 e. The molecule has 58 valence electrons. The Labute approximate surface area is 64.0 Å². The zero-order chi connectivity index (χ0) is 7.24. The molecule has 0 aromatic heterocycles. The van der Waals surface area contributed by atoms with Crippen LogP contribution < -0.4 is 0 Å². The number of rotatable bonds is 2. The molecule has 0 radical (unpaired) electrons. The highest BCUT2D eigenvalue weighted by Gasteiger charge is 2.65. The molecule has 0 heterocycles. The summed E-state index contributed by atoms with van der Waals surface area (Å²) < 4.78 is 0. The lowest BCUT2D eigenvalue weighted by atomic mass is 9.74. The molecule has 2 aliphatic carbocycles. The Bertz CT molecular complexity index is 140. The molecule has 0 nitrogen and oxygen atoms in total. The predicted molar refractivity (Wildman–Crippen MR) is 43.9 cm³/mol. The van der Waals surface area contributed by atoms with Gasteiger partial charge in [-0.25, -0.2) is 0 Å². The Morgan fingerprint density at radius 2 is 2.00 bits per heavy atom. The van der Waals surface area contributed by atoms with Gasteiger partial charge in [-0.05, 0) is 36.5 Å². The fraction of sp³-hybridized carbons (Fsp3) is 1.00. The quantitative estimate of drug-likeness (QED) is 0.549. The molecule has 0 bridgehead atoms. The summed E-state index contributed by atoms with van der Waals surface area (Å²) in [6.45, 7) is 4.81. The first-order chi connectivity index (χ1) is 4.72. The molecule has 0 saturated heterocycles. The molecule has 0 aromatic rings. The number of hydrogen-bond donors (Lipinski definition) is 0. The van der Waals surface area contributed by atoms with Crippen molar-refractivity contribution < 1.29 is 0 Å². The third-order valence-electron chi connectivity index (χ3n) is 4.00. The van der Waals surface area contributed by atoms with Gasteiger partial charge >= 0.3 is 0 Å². The topological polar surface area (TPSA) is 0 Å². The van der Waals surface area contributed by atoms with E-state index in [0.29, 0.717) is 0 Å².